The zero-order chi connectivity index (χ0) is 19.6. The van der Waals surface area contributed by atoms with Gasteiger partial charge < -0.3 is 14.8 Å². The molecule has 0 saturated carbocycles. The smallest absolute Gasteiger partial charge is 0.344 e. The van der Waals surface area contributed by atoms with Crippen LogP contribution in [-0.4, -0.2) is 32.1 Å². The Bertz CT molecular complexity index is 886. The van der Waals surface area contributed by atoms with Crippen molar-refractivity contribution in [1.82, 2.24) is 5.32 Å². The normalized spacial score (nSPS) is 10.8. The molecule has 0 aromatic heterocycles. The van der Waals surface area contributed by atoms with Crippen LogP contribution < -0.4 is 10.1 Å². The van der Waals surface area contributed by atoms with Gasteiger partial charge in [-0.3, -0.25) is 4.79 Å². The second-order valence-electron chi connectivity index (χ2n) is 5.36. The molecule has 0 unspecified atom stereocenters. The summed E-state index contributed by atoms with van der Waals surface area (Å²) in [7, 11) is 1.53. The molecule has 27 heavy (non-hydrogen) atoms. The van der Waals surface area contributed by atoms with Crippen molar-refractivity contribution in [3.8, 4) is 11.8 Å². The average Bonchev–Trinajstić information content (AvgIpc) is 2.67. The van der Waals surface area contributed by atoms with E-state index in [0.717, 1.165) is 3.57 Å². The molecular formula is C20H17IN2O4. The zero-order valence-electron chi connectivity index (χ0n) is 14.6. The van der Waals surface area contributed by atoms with Crippen LogP contribution in [0.25, 0.3) is 6.08 Å². The standard InChI is InChI=1S/C20H17IN2O4/c1-26-11-10-23-19(24)15(13-22)12-14-6-8-16(9-7-14)27-20(25)17-4-2-3-5-18(17)21/h2-9,12H,10-11H2,1H3,(H,23,24)/b15-12+. The van der Waals surface area contributed by atoms with Crippen LogP contribution in [0.3, 0.4) is 0 Å². The van der Waals surface area contributed by atoms with Crippen molar-refractivity contribution in [2.24, 2.45) is 0 Å². The monoisotopic (exact) mass is 476 g/mol. The Balaban J connectivity index is 2.05. The first kappa shape index (κ1) is 20.6. The molecule has 0 heterocycles. The SMILES string of the molecule is COCCNC(=O)/C(C#N)=C/c1ccc(OC(=O)c2ccccc2I)cc1. The molecule has 2 aromatic rings. The van der Waals surface area contributed by atoms with E-state index in [1.54, 1.807) is 36.4 Å². The number of hydrogen-bond donors (Lipinski definition) is 1. The molecule has 1 amide bonds. The van der Waals surface area contributed by atoms with E-state index >= 15 is 0 Å². The summed E-state index contributed by atoms with van der Waals surface area (Å²) in [6, 6.07) is 15.6. The molecule has 0 aliphatic rings. The van der Waals surface area contributed by atoms with Gasteiger partial charge in [0.2, 0.25) is 0 Å². The van der Waals surface area contributed by atoms with E-state index in [2.05, 4.69) is 27.9 Å². The lowest BCUT2D eigenvalue weighted by atomic mass is 10.1. The topological polar surface area (TPSA) is 88.4 Å². The summed E-state index contributed by atoms with van der Waals surface area (Å²) in [5.74, 6) is -0.540. The Kier molecular flexibility index (Phi) is 7.98. The minimum atomic E-state index is -0.469. The molecule has 2 aromatic carbocycles. The number of ether oxygens (including phenoxy) is 2. The van der Waals surface area contributed by atoms with Crippen molar-refractivity contribution in [3.63, 3.8) is 0 Å². The van der Waals surface area contributed by atoms with Crippen molar-refractivity contribution < 1.29 is 19.1 Å². The third-order valence-electron chi connectivity index (χ3n) is 3.45. The van der Waals surface area contributed by atoms with Crippen LogP contribution in [0.15, 0.2) is 54.1 Å². The maximum atomic E-state index is 12.2. The highest BCUT2D eigenvalue weighted by atomic mass is 127. The van der Waals surface area contributed by atoms with E-state index < -0.39 is 11.9 Å². The summed E-state index contributed by atoms with van der Waals surface area (Å²) < 4.78 is 11.0. The number of carbonyl (C=O) groups excluding carboxylic acids is 2. The van der Waals surface area contributed by atoms with E-state index in [-0.39, 0.29) is 5.57 Å². The molecule has 0 fully saturated rings. The Morgan fingerprint density at radius 1 is 1.19 bits per heavy atom. The molecule has 0 radical (unpaired) electrons. The summed E-state index contributed by atoms with van der Waals surface area (Å²) in [6.07, 6.45) is 1.47. The van der Waals surface area contributed by atoms with Gasteiger partial charge in [-0.25, -0.2) is 4.79 Å². The second kappa shape index (κ2) is 10.4. The molecule has 0 spiro atoms. The van der Waals surface area contributed by atoms with Gasteiger partial charge in [0.25, 0.3) is 5.91 Å². The number of rotatable bonds is 7. The number of benzene rings is 2. The van der Waals surface area contributed by atoms with E-state index in [4.69, 9.17) is 14.7 Å². The molecule has 138 valence electrons. The van der Waals surface area contributed by atoms with Crippen molar-refractivity contribution in [1.29, 1.82) is 5.26 Å². The molecule has 0 saturated heterocycles. The predicted octanol–water partition coefficient (Wildman–Crippen LogP) is 3.18. The minimum Gasteiger partial charge on any atom is -0.423 e. The zero-order valence-corrected chi connectivity index (χ0v) is 16.7. The largest absolute Gasteiger partial charge is 0.423 e. The number of halogens is 1. The van der Waals surface area contributed by atoms with Gasteiger partial charge in [-0.2, -0.15) is 5.26 Å². The number of nitrogens with zero attached hydrogens (tertiary/aromatic N) is 1. The van der Waals surface area contributed by atoms with Gasteiger partial charge in [0, 0.05) is 17.2 Å². The van der Waals surface area contributed by atoms with Gasteiger partial charge in [-0.15, -0.1) is 0 Å². The highest BCUT2D eigenvalue weighted by molar-refractivity contribution is 14.1. The van der Waals surface area contributed by atoms with E-state index in [9.17, 15) is 9.59 Å². The van der Waals surface area contributed by atoms with E-state index in [0.29, 0.717) is 30.0 Å². The molecule has 1 N–H and O–H groups in total. The number of esters is 1. The van der Waals surface area contributed by atoms with Crippen LogP contribution >= 0.6 is 22.6 Å². The predicted molar refractivity (Wildman–Crippen MR) is 109 cm³/mol. The maximum Gasteiger partial charge on any atom is 0.344 e. The highest BCUT2D eigenvalue weighted by Gasteiger charge is 2.12. The summed E-state index contributed by atoms with van der Waals surface area (Å²) in [6.45, 7) is 0.687. The quantitative estimate of drug-likeness (QED) is 0.166. The van der Waals surface area contributed by atoms with Crippen molar-refractivity contribution >= 4 is 40.5 Å². The van der Waals surface area contributed by atoms with Crippen LogP contribution in [0.5, 0.6) is 5.75 Å². The van der Waals surface area contributed by atoms with Gasteiger partial charge >= 0.3 is 5.97 Å². The van der Waals surface area contributed by atoms with Crippen molar-refractivity contribution in [2.45, 2.75) is 0 Å². The molecule has 7 heteroatoms. The van der Waals surface area contributed by atoms with Crippen LogP contribution in [-0.2, 0) is 9.53 Å². The second-order valence-corrected chi connectivity index (χ2v) is 6.52. The summed E-state index contributed by atoms with van der Waals surface area (Å²) in [5.41, 5.74) is 1.11. The van der Waals surface area contributed by atoms with Gasteiger partial charge in [-0.1, -0.05) is 24.3 Å². The van der Waals surface area contributed by atoms with E-state index in [1.165, 1.54) is 13.2 Å². The average molecular weight is 476 g/mol. The number of nitrogens with one attached hydrogen (secondary N) is 1. The van der Waals surface area contributed by atoms with Crippen molar-refractivity contribution in [3.05, 3.63) is 68.8 Å². The first-order valence-corrected chi connectivity index (χ1v) is 9.08. The third kappa shape index (κ3) is 6.20. The third-order valence-corrected chi connectivity index (χ3v) is 4.39. The number of nitriles is 1. The Morgan fingerprint density at radius 2 is 1.89 bits per heavy atom. The first-order chi connectivity index (χ1) is 13.0. The Hall–Kier alpha value is -2.70. The molecule has 2 rings (SSSR count). The number of amides is 1. The van der Waals surface area contributed by atoms with Gasteiger partial charge in [0.15, 0.2) is 0 Å². The molecule has 0 bridgehead atoms. The Labute approximate surface area is 170 Å². The van der Waals surface area contributed by atoms with Gasteiger partial charge in [0.05, 0.1) is 12.2 Å². The lowest BCUT2D eigenvalue weighted by Crippen LogP contribution is -2.27. The minimum absolute atomic E-state index is 0.0188. The summed E-state index contributed by atoms with van der Waals surface area (Å²) in [4.78, 5) is 24.1. The molecular weight excluding hydrogens is 459 g/mol. The van der Waals surface area contributed by atoms with E-state index in [1.807, 2.05) is 18.2 Å². The molecule has 0 atom stereocenters. The molecule has 0 aliphatic heterocycles. The maximum absolute atomic E-state index is 12.2. The number of carbonyl (C=O) groups is 2. The fourth-order valence-electron chi connectivity index (χ4n) is 2.10. The summed E-state index contributed by atoms with van der Waals surface area (Å²) in [5, 5.41) is 11.8. The number of methoxy groups -OCH3 is 1. The lowest BCUT2D eigenvalue weighted by Gasteiger charge is -2.06. The highest BCUT2D eigenvalue weighted by Crippen LogP contribution is 2.18. The van der Waals surface area contributed by atoms with Crippen LogP contribution in [0.2, 0.25) is 0 Å². The van der Waals surface area contributed by atoms with Gasteiger partial charge in [0.1, 0.15) is 17.4 Å². The van der Waals surface area contributed by atoms with Gasteiger partial charge in [-0.05, 0) is 58.5 Å². The van der Waals surface area contributed by atoms with Crippen LogP contribution in [0, 0.1) is 14.9 Å². The van der Waals surface area contributed by atoms with Crippen molar-refractivity contribution in [2.75, 3.05) is 20.3 Å². The fraction of sp³-hybridized carbons (Fsp3) is 0.150. The molecule has 0 aliphatic carbocycles. The Morgan fingerprint density at radius 3 is 2.52 bits per heavy atom. The summed E-state index contributed by atoms with van der Waals surface area (Å²) >= 11 is 2.07. The molecule has 6 nitrogen and oxygen atoms in total. The fourth-order valence-corrected chi connectivity index (χ4v) is 2.71. The number of hydrogen-bond acceptors (Lipinski definition) is 5. The lowest BCUT2D eigenvalue weighted by molar-refractivity contribution is -0.117. The van der Waals surface area contributed by atoms with Crippen LogP contribution in [0.1, 0.15) is 15.9 Å². The first-order valence-electron chi connectivity index (χ1n) is 8.01. The van der Waals surface area contributed by atoms with Crippen LogP contribution in [0.4, 0.5) is 0 Å².